The minimum atomic E-state index is -3.66. The fourth-order valence-electron chi connectivity index (χ4n) is 1.29. The zero-order chi connectivity index (χ0) is 13.9. The second-order valence-electron chi connectivity index (χ2n) is 3.86. The molecule has 18 heavy (non-hydrogen) atoms. The summed E-state index contributed by atoms with van der Waals surface area (Å²) in [5.41, 5.74) is 5.27. The van der Waals surface area contributed by atoms with E-state index in [-0.39, 0.29) is 23.2 Å². The number of likely N-dealkylation sites (N-methyl/N-ethyl adjacent to an activating group) is 1. The molecule has 1 aromatic carbocycles. The first-order chi connectivity index (χ1) is 8.30. The highest BCUT2D eigenvalue weighted by Crippen LogP contribution is 2.19. The van der Waals surface area contributed by atoms with Crippen LogP contribution in [0.5, 0.6) is 0 Å². The highest BCUT2D eigenvalue weighted by atomic mass is 32.2. The van der Waals surface area contributed by atoms with Crippen LogP contribution in [0, 0.1) is 10.1 Å². The van der Waals surface area contributed by atoms with Crippen molar-refractivity contribution in [3.8, 4) is 0 Å². The SMILES string of the molecule is C[C@H](CN)N(C)S(=O)(=O)c1ccc([N+](=O)[O-])cc1. The van der Waals surface area contributed by atoms with Crippen molar-refractivity contribution in [1.82, 2.24) is 4.31 Å². The van der Waals surface area contributed by atoms with E-state index in [9.17, 15) is 18.5 Å². The van der Waals surface area contributed by atoms with E-state index < -0.39 is 14.9 Å². The van der Waals surface area contributed by atoms with E-state index >= 15 is 0 Å². The molecule has 100 valence electrons. The van der Waals surface area contributed by atoms with Crippen LogP contribution in [-0.2, 0) is 10.0 Å². The average Bonchev–Trinajstić information content (AvgIpc) is 2.36. The lowest BCUT2D eigenvalue weighted by Crippen LogP contribution is -2.39. The summed E-state index contributed by atoms with van der Waals surface area (Å²) in [7, 11) is -2.24. The number of nitrogens with two attached hydrogens (primary N) is 1. The van der Waals surface area contributed by atoms with Crippen molar-refractivity contribution >= 4 is 15.7 Å². The monoisotopic (exact) mass is 273 g/mol. The van der Waals surface area contributed by atoms with Crippen LogP contribution in [0.2, 0.25) is 0 Å². The van der Waals surface area contributed by atoms with Crippen LogP contribution in [0.15, 0.2) is 29.2 Å². The van der Waals surface area contributed by atoms with Crippen LogP contribution >= 0.6 is 0 Å². The molecule has 1 aromatic rings. The molecule has 0 aromatic heterocycles. The van der Waals surface area contributed by atoms with Crippen molar-refractivity contribution in [2.45, 2.75) is 17.9 Å². The maximum Gasteiger partial charge on any atom is 0.269 e. The zero-order valence-electron chi connectivity index (χ0n) is 10.1. The molecule has 1 rings (SSSR count). The summed E-state index contributed by atoms with van der Waals surface area (Å²) in [5, 5.41) is 10.5. The fraction of sp³-hybridized carbons (Fsp3) is 0.400. The summed E-state index contributed by atoms with van der Waals surface area (Å²) < 4.78 is 25.4. The van der Waals surface area contributed by atoms with Crippen molar-refractivity contribution in [2.24, 2.45) is 5.73 Å². The van der Waals surface area contributed by atoms with Gasteiger partial charge in [0.05, 0.1) is 9.82 Å². The Kier molecular flexibility index (Phi) is 4.38. The number of hydrogen-bond donors (Lipinski definition) is 1. The van der Waals surface area contributed by atoms with E-state index in [0.29, 0.717) is 0 Å². The minimum Gasteiger partial charge on any atom is -0.329 e. The Labute approximate surface area is 105 Å². The van der Waals surface area contributed by atoms with E-state index in [4.69, 9.17) is 5.73 Å². The standard InChI is InChI=1S/C10H15N3O4S/c1-8(7-11)12(2)18(16,17)10-5-3-9(4-6-10)13(14)15/h3-6,8H,7,11H2,1-2H3/t8-/m1/s1. The molecule has 0 saturated carbocycles. The van der Waals surface area contributed by atoms with Gasteiger partial charge in [-0.2, -0.15) is 4.31 Å². The highest BCUT2D eigenvalue weighted by molar-refractivity contribution is 7.89. The van der Waals surface area contributed by atoms with Gasteiger partial charge < -0.3 is 5.73 Å². The van der Waals surface area contributed by atoms with Gasteiger partial charge in [-0.05, 0) is 19.1 Å². The lowest BCUT2D eigenvalue weighted by Gasteiger charge is -2.22. The van der Waals surface area contributed by atoms with Crippen molar-refractivity contribution in [3.63, 3.8) is 0 Å². The van der Waals surface area contributed by atoms with E-state index in [1.54, 1.807) is 6.92 Å². The Bertz CT molecular complexity index is 527. The summed E-state index contributed by atoms with van der Waals surface area (Å²) in [6.45, 7) is 1.88. The van der Waals surface area contributed by atoms with E-state index in [0.717, 1.165) is 16.4 Å². The van der Waals surface area contributed by atoms with Gasteiger partial charge in [-0.1, -0.05) is 0 Å². The summed E-state index contributed by atoms with van der Waals surface area (Å²) in [6.07, 6.45) is 0. The van der Waals surface area contributed by atoms with E-state index in [2.05, 4.69) is 0 Å². The second kappa shape index (κ2) is 5.42. The molecule has 0 bridgehead atoms. The van der Waals surface area contributed by atoms with Gasteiger partial charge in [0.25, 0.3) is 5.69 Å². The molecule has 0 aliphatic carbocycles. The maximum absolute atomic E-state index is 12.1. The summed E-state index contributed by atoms with van der Waals surface area (Å²) in [5.74, 6) is 0. The first-order valence-electron chi connectivity index (χ1n) is 5.23. The molecule has 0 radical (unpaired) electrons. The number of rotatable bonds is 5. The minimum absolute atomic E-state index is 0.0101. The summed E-state index contributed by atoms with van der Waals surface area (Å²) in [4.78, 5) is 9.91. The number of sulfonamides is 1. The third kappa shape index (κ3) is 2.84. The third-order valence-corrected chi connectivity index (χ3v) is 4.67. The molecular formula is C10H15N3O4S. The normalized spacial score (nSPS) is 13.6. The molecule has 0 unspecified atom stereocenters. The number of hydrogen-bond acceptors (Lipinski definition) is 5. The Morgan fingerprint density at radius 3 is 2.28 bits per heavy atom. The van der Waals surface area contributed by atoms with Gasteiger partial charge in [-0.15, -0.1) is 0 Å². The molecule has 0 amide bonds. The van der Waals surface area contributed by atoms with Crippen LogP contribution in [0.3, 0.4) is 0 Å². The maximum atomic E-state index is 12.1. The molecule has 2 N–H and O–H groups in total. The van der Waals surface area contributed by atoms with Gasteiger partial charge in [0.2, 0.25) is 10.0 Å². The van der Waals surface area contributed by atoms with Gasteiger partial charge in [0.1, 0.15) is 0 Å². The summed E-state index contributed by atoms with van der Waals surface area (Å²) in [6, 6.07) is 4.41. The van der Waals surface area contributed by atoms with Crippen molar-refractivity contribution in [1.29, 1.82) is 0 Å². The Morgan fingerprint density at radius 1 is 1.39 bits per heavy atom. The van der Waals surface area contributed by atoms with Crippen LogP contribution < -0.4 is 5.73 Å². The Hall–Kier alpha value is -1.51. The van der Waals surface area contributed by atoms with Crippen molar-refractivity contribution < 1.29 is 13.3 Å². The number of nitro groups is 1. The number of nitro benzene ring substituents is 1. The lowest BCUT2D eigenvalue weighted by atomic mass is 10.3. The molecule has 0 heterocycles. The molecule has 0 aliphatic heterocycles. The van der Waals surface area contributed by atoms with Gasteiger partial charge in [0, 0.05) is 31.8 Å². The van der Waals surface area contributed by atoms with Crippen LogP contribution in [0.25, 0.3) is 0 Å². The second-order valence-corrected chi connectivity index (χ2v) is 5.85. The summed E-state index contributed by atoms with van der Waals surface area (Å²) >= 11 is 0. The van der Waals surface area contributed by atoms with Crippen LogP contribution in [-0.4, -0.2) is 37.3 Å². The average molecular weight is 273 g/mol. The van der Waals surface area contributed by atoms with Crippen LogP contribution in [0.1, 0.15) is 6.92 Å². The van der Waals surface area contributed by atoms with Crippen molar-refractivity contribution in [3.05, 3.63) is 34.4 Å². The van der Waals surface area contributed by atoms with Crippen molar-refractivity contribution in [2.75, 3.05) is 13.6 Å². The topological polar surface area (TPSA) is 107 Å². The molecule has 0 saturated heterocycles. The largest absolute Gasteiger partial charge is 0.329 e. The van der Waals surface area contributed by atoms with Gasteiger partial charge in [0.15, 0.2) is 0 Å². The molecular weight excluding hydrogens is 258 g/mol. The number of non-ortho nitro benzene ring substituents is 1. The molecule has 1 atom stereocenters. The highest BCUT2D eigenvalue weighted by Gasteiger charge is 2.24. The van der Waals surface area contributed by atoms with Gasteiger partial charge in [-0.25, -0.2) is 8.42 Å². The smallest absolute Gasteiger partial charge is 0.269 e. The molecule has 8 heteroatoms. The molecule has 7 nitrogen and oxygen atoms in total. The van der Waals surface area contributed by atoms with E-state index in [1.165, 1.54) is 19.2 Å². The van der Waals surface area contributed by atoms with Gasteiger partial charge >= 0.3 is 0 Å². The molecule has 0 spiro atoms. The predicted molar refractivity (Wildman–Crippen MR) is 66.6 cm³/mol. The van der Waals surface area contributed by atoms with Crippen LogP contribution in [0.4, 0.5) is 5.69 Å². The number of benzene rings is 1. The zero-order valence-corrected chi connectivity index (χ0v) is 10.9. The van der Waals surface area contributed by atoms with E-state index in [1.807, 2.05) is 0 Å². The fourth-order valence-corrected chi connectivity index (χ4v) is 2.66. The predicted octanol–water partition coefficient (Wildman–Crippen LogP) is 0.562. The Morgan fingerprint density at radius 2 is 1.89 bits per heavy atom. The molecule has 0 fully saturated rings. The Balaban J connectivity index is 3.09. The number of nitrogens with zero attached hydrogens (tertiary/aromatic N) is 2. The quantitative estimate of drug-likeness (QED) is 0.623. The first kappa shape index (κ1) is 14.6. The molecule has 0 aliphatic rings. The van der Waals surface area contributed by atoms with Gasteiger partial charge in [-0.3, -0.25) is 10.1 Å². The lowest BCUT2D eigenvalue weighted by molar-refractivity contribution is -0.384. The first-order valence-corrected chi connectivity index (χ1v) is 6.67. The third-order valence-electron chi connectivity index (χ3n) is 2.69.